The Hall–Kier alpha value is -1.53. The number of halogens is 2. The first-order valence-electron chi connectivity index (χ1n) is 7.28. The van der Waals surface area contributed by atoms with Crippen LogP contribution in [0.15, 0.2) is 41.3 Å². The summed E-state index contributed by atoms with van der Waals surface area (Å²) in [5, 5.41) is 0.878. The molecule has 0 aromatic heterocycles. The second-order valence-corrected chi connectivity index (χ2v) is 7.86. The summed E-state index contributed by atoms with van der Waals surface area (Å²) in [4.78, 5) is 14.8. The monoisotopic (exact) mass is 409 g/mol. The Morgan fingerprint density at radius 3 is 2.64 bits per heavy atom. The molecule has 2 aromatic rings. The zero-order valence-electron chi connectivity index (χ0n) is 13.4. The van der Waals surface area contributed by atoms with E-state index in [0.717, 1.165) is 16.9 Å². The van der Waals surface area contributed by atoms with E-state index in [0.29, 0.717) is 25.0 Å². The van der Waals surface area contributed by atoms with Crippen molar-refractivity contribution in [2.75, 3.05) is 12.0 Å². The largest absolute Gasteiger partial charge is 0.496 e. The average Bonchev–Trinajstić information content (AvgIpc) is 2.84. The molecule has 0 atom stereocenters. The van der Waals surface area contributed by atoms with E-state index < -0.39 is 0 Å². The highest BCUT2D eigenvalue weighted by atomic mass is 35.5. The number of amides is 1. The molecule has 1 saturated heterocycles. The van der Waals surface area contributed by atoms with Gasteiger partial charge >= 0.3 is 0 Å². The molecular weight excluding hydrogens is 397 g/mol. The van der Waals surface area contributed by atoms with E-state index in [9.17, 15) is 4.79 Å². The Labute approximate surface area is 165 Å². The first-order chi connectivity index (χ1) is 11.9. The van der Waals surface area contributed by atoms with Gasteiger partial charge in [-0.15, -0.1) is 0 Å². The molecule has 0 aliphatic carbocycles. The lowest BCUT2D eigenvalue weighted by Crippen LogP contribution is -2.27. The minimum atomic E-state index is -0.209. The van der Waals surface area contributed by atoms with Crippen LogP contribution in [0.2, 0.25) is 10.0 Å². The van der Waals surface area contributed by atoms with Crippen molar-refractivity contribution in [2.45, 2.75) is 6.92 Å². The zero-order valence-corrected chi connectivity index (χ0v) is 16.5. The highest BCUT2D eigenvalue weighted by Crippen LogP contribution is 2.39. The van der Waals surface area contributed by atoms with E-state index in [4.69, 9.17) is 40.2 Å². The fraction of sp³-hybridized carbons (Fsp3) is 0.111. The van der Waals surface area contributed by atoms with Crippen molar-refractivity contribution in [3.63, 3.8) is 0 Å². The Morgan fingerprint density at radius 1 is 1.20 bits per heavy atom. The normalized spacial score (nSPS) is 16.0. The predicted molar refractivity (Wildman–Crippen MR) is 110 cm³/mol. The second kappa shape index (κ2) is 7.38. The number of carbonyl (C=O) groups is 1. The van der Waals surface area contributed by atoms with Gasteiger partial charge in [0.1, 0.15) is 5.75 Å². The van der Waals surface area contributed by atoms with Crippen LogP contribution in [0, 0.1) is 6.92 Å². The maximum Gasteiger partial charge on any atom is 0.270 e. The number of rotatable bonds is 3. The maximum atomic E-state index is 12.8. The molecule has 0 saturated carbocycles. The van der Waals surface area contributed by atoms with Gasteiger partial charge in [-0.25, -0.2) is 0 Å². The van der Waals surface area contributed by atoms with E-state index in [2.05, 4.69) is 0 Å². The number of hydrogen-bond donors (Lipinski definition) is 0. The third-order valence-electron chi connectivity index (χ3n) is 3.67. The molecule has 0 N–H and O–H groups in total. The smallest absolute Gasteiger partial charge is 0.270 e. The number of thioether (sulfide) groups is 1. The summed E-state index contributed by atoms with van der Waals surface area (Å²) in [6.45, 7) is 1.96. The van der Waals surface area contributed by atoms with E-state index in [1.165, 1.54) is 16.7 Å². The van der Waals surface area contributed by atoms with Crippen LogP contribution in [-0.2, 0) is 4.79 Å². The molecule has 128 valence electrons. The third-order valence-corrected chi connectivity index (χ3v) is 5.51. The molecule has 25 heavy (non-hydrogen) atoms. The molecule has 1 fully saturated rings. The van der Waals surface area contributed by atoms with Crippen molar-refractivity contribution >= 4 is 69.2 Å². The lowest BCUT2D eigenvalue weighted by Gasteiger charge is -2.16. The van der Waals surface area contributed by atoms with Gasteiger partial charge < -0.3 is 4.74 Å². The highest BCUT2D eigenvalue weighted by molar-refractivity contribution is 8.27. The van der Waals surface area contributed by atoms with Crippen LogP contribution >= 0.6 is 47.2 Å². The van der Waals surface area contributed by atoms with Crippen LogP contribution < -0.4 is 9.64 Å². The summed E-state index contributed by atoms with van der Waals surface area (Å²) in [5.74, 6) is 0.559. The Balaban J connectivity index is 1.96. The molecule has 0 bridgehead atoms. The minimum Gasteiger partial charge on any atom is -0.496 e. The number of aryl methyl sites for hydroxylation is 1. The van der Waals surface area contributed by atoms with Crippen LogP contribution in [0.3, 0.4) is 0 Å². The molecule has 3 nitrogen and oxygen atoms in total. The van der Waals surface area contributed by atoms with Crippen LogP contribution in [0.4, 0.5) is 5.69 Å². The minimum absolute atomic E-state index is 0.209. The fourth-order valence-corrected chi connectivity index (χ4v) is 4.19. The number of thiocarbonyl (C=S) groups is 1. The molecule has 1 aliphatic heterocycles. The third kappa shape index (κ3) is 3.70. The Kier molecular flexibility index (Phi) is 5.39. The van der Waals surface area contributed by atoms with E-state index in [1.807, 2.05) is 25.1 Å². The quantitative estimate of drug-likeness (QED) is 0.479. The van der Waals surface area contributed by atoms with Gasteiger partial charge in [0.05, 0.1) is 22.7 Å². The molecule has 0 spiro atoms. The zero-order chi connectivity index (χ0) is 18.1. The second-order valence-electron chi connectivity index (χ2n) is 5.34. The number of anilines is 1. The van der Waals surface area contributed by atoms with Gasteiger partial charge in [0.25, 0.3) is 5.91 Å². The van der Waals surface area contributed by atoms with Gasteiger partial charge in [0.2, 0.25) is 0 Å². The molecule has 0 radical (unpaired) electrons. The molecular formula is C18H13Cl2NO2S2. The lowest BCUT2D eigenvalue weighted by molar-refractivity contribution is -0.113. The lowest BCUT2D eigenvalue weighted by atomic mass is 10.1. The van der Waals surface area contributed by atoms with Crippen LogP contribution in [0.25, 0.3) is 6.08 Å². The molecule has 2 aromatic carbocycles. The number of ether oxygens (including phenoxy) is 1. The molecule has 1 heterocycles. The van der Waals surface area contributed by atoms with Crippen LogP contribution in [-0.4, -0.2) is 17.3 Å². The summed E-state index contributed by atoms with van der Waals surface area (Å²) < 4.78 is 5.76. The van der Waals surface area contributed by atoms with Gasteiger partial charge in [-0.1, -0.05) is 59.3 Å². The fourth-order valence-electron chi connectivity index (χ4n) is 2.42. The summed E-state index contributed by atoms with van der Waals surface area (Å²) in [6.07, 6.45) is 1.80. The predicted octanol–water partition coefficient (Wildman–Crippen LogP) is 5.72. The summed E-state index contributed by atoms with van der Waals surface area (Å²) >= 11 is 18.8. The number of nitrogens with zero attached hydrogens (tertiary/aromatic N) is 1. The van der Waals surface area contributed by atoms with Crippen LogP contribution in [0.5, 0.6) is 5.75 Å². The van der Waals surface area contributed by atoms with Crippen molar-refractivity contribution < 1.29 is 9.53 Å². The summed E-state index contributed by atoms with van der Waals surface area (Å²) in [7, 11) is 1.62. The first kappa shape index (κ1) is 18.3. The summed E-state index contributed by atoms with van der Waals surface area (Å²) in [5.41, 5.74) is 2.42. The molecule has 1 amide bonds. The molecule has 0 unspecified atom stereocenters. The topological polar surface area (TPSA) is 29.5 Å². The van der Waals surface area contributed by atoms with Gasteiger partial charge in [-0.2, -0.15) is 0 Å². The van der Waals surface area contributed by atoms with Crippen molar-refractivity contribution in [1.29, 1.82) is 0 Å². The summed E-state index contributed by atoms with van der Waals surface area (Å²) in [6, 6.07) is 10.7. The van der Waals surface area contributed by atoms with E-state index in [1.54, 1.807) is 31.4 Å². The van der Waals surface area contributed by atoms with Crippen molar-refractivity contribution in [3.8, 4) is 5.75 Å². The molecule has 3 rings (SSSR count). The molecule has 7 heteroatoms. The number of benzene rings is 2. The molecule has 1 aliphatic rings. The van der Waals surface area contributed by atoms with Gasteiger partial charge in [-0.05, 0) is 48.4 Å². The standard InChI is InChI=1S/C18H13Cl2NO2S2/c1-10-3-4-11(7-15(10)23-2)8-16-17(22)21(18(24)25-16)14-6-5-12(19)9-13(14)20/h3-9H,1-2H3/b16-8-. The Bertz CT molecular complexity index is 912. The van der Waals surface area contributed by atoms with Crippen molar-refractivity contribution in [2.24, 2.45) is 0 Å². The van der Waals surface area contributed by atoms with E-state index >= 15 is 0 Å². The van der Waals surface area contributed by atoms with Gasteiger partial charge in [-0.3, -0.25) is 9.69 Å². The Morgan fingerprint density at radius 2 is 1.96 bits per heavy atom. The first-order valence-corrected chi connectivity index (χ1v) is 9.26. The van der Waals surface area contributed by atoms with Gasteiger partial charge in [0, 0.05) is 5.02 Å². The van der Waals surface area contributed by atoms with E-state index in [-0.39, 0.29) is 5.91 Å². The van der Waals surface area contributed by atoms with Gasteiger partial charge in [0.15, 0.2) is 4.32 Å². The maximum absolute atomic E-state index is 12.8. The van der Waals surface area contributed by atoms with Crippen molar-refractivity contribution in [3.05, 3.63) is 62.5 Å². The van der Waals surface area contributed by atoms with Crippen molar-refractivity contribution in [1.82, 2.24) is 0 Å². The van der Waals surface area contributed by atoms with Crippen LogP contribution in [0.1, 0.15) is 11.1 Å². The SMILES string of the molecule is COc1cc(/C=C2\SC(=S)N(c3ccc(Cl)cc3Cl)C2=O)ccc1C. The number of methoxy groups -OCH3 is 1. The number of carbonyl (C=O) groups excluding carboxylic acids is 1. The number of hydrogen-bond acceptors (Lipinski definition) is 4. The highest BCUT2D eigenvalue weighted by Gasteiger charge is 2.34. The average molecular weight is 410 g/mol.